The monoisotopic (exact) mass is 183 g/mol. The molecule has 2 nitrogen and oxygen atoms in total. The van der Waals surface area contributed by atoms with Crippen molar-refractivity contribution >= 4 is 5.91 Å². The van der Waals surface area contributed by atoms with Gasteiger partial charge in [-0.1, -0.05) is 20.3 Å². The zero-order valence-corrected chi connectivity index (χ0v) is 8.97. The van der Waals surface area contributed by atoms with Gasteiger partial charge in [0.1, 0.15) is 0 Å². The van der Waals surface area contributed by atoms with Gasteiger partial charge in [0.25, 0.3) is 0 Å². The number of amides is 1. The largest absolute Gasteiger partial charge is 0.356 e. The van der Waals surface area contributed by atoms with Crippen LogP contribution in [0.1, 0.15) is 40.0 Å². The fourth-order valence-electron chi connectivity index (χ4n) is 2.42. The van der Waals surface area contributed by atoms with Crippen LogP contribution in [0.3, 0.4) is 0 Å². The normalized spacial score (nSPS) is 28.0. The second kappa shape index (κ2) is 4.64. The van der Waals surface area contributed by atoms with Crippen LogP contribution in [0.2, 0.25) is 0 Å². The van der Waals surface area contributed by atoms with Gasteiger partial charge in [-0.3, -0.25) is 4.79 Å². The number of rotatable bonds is 3. The maximum Gasteiger partial charge on any atom is 0.223 e. The highest BCUT2D eigenvalue weighted by Gasteiger charge is 2.34. The van der Waals surface area contributed by atoms with E-state index in [0.717, 1.165) is 13.0 Å². The first kappa shape index (κ1) is 10.6. The summed E-state index contributed by atoms with van der Waals surface area (Å²) in [5.41, 5.74) is 0. The van der Waals surface area contributed by atoms with E-state index in [0.29, 0.717) is 17.8 Å². The standard InChI is InChI=1S/C11H21NO/c1-4-12-11(13)10-7-5-6-9(10)8(2)3/h8-10H,4-7H2,1-3H3,(H,12,13)/t9-,10-/m0/s1. The molecule has 76 valence electrons. The first-order valence-corrected chi connectivity index (χ1v) is 5.44. The van der Waals surface area contributed by atoms with Crippen LogP contribution in [0.15, 0.2) is 0 Å². The van der Waals surface area contributed by atoms with E-state index in [4.69, 9.17) is 0 Å². The van der Waals surface area contributed by atoms with Crippen molar-refractivity contribution in [3.63, 3.8) is 0 Å². The lowest BCUT2D eigenvalue weighted by molar-refractivity contribution is -0.126. The van der Waals surface area contributed by atoms with Crippen LogP contribution >= 0.6 is 0 Å². The number of hydrogen-bond donors (Lipinski definition) is 1. The molecule has 0 radical (unpaired) electrons. The van der Waals surface area contributed by atoms with Gasteiger partial charge < -0.3 is 5.32 Å². The van der Waals surface area contributed by atoms with Gasteiger partial charge >= 0.3 is 0 Å². The van der Waals surface area contributed by atoms with Crippen LogP contribution in [-0.4, -0.2) is 12.5 Å². The van der Waals surface area contributed by atoms with Crippen LogP contribution in [0, 0.1) is 17.8 Å². The molecule has 1 fully saturated rings. The topological polar surface area (TPSA) is 29.1 Å². The maximum absolute atomic E-state index is 11.6. The van der Waals surface area contributed by atoms with Crippen LogP contribution in [0.5, 0.6) is 0 Å². The predicted molar refractivity (Wildman–Crippen MR) is 54.4 cm³/mol. The van der Waals surface area contributed by atoms with Crippen molar-refractivity contribution in [2.45, 2.75) is 40.0 Å². The van der Waals surface area contributed by atoms with Gasteiger partial charge in [-0.05, 0) is 31.6 Å². The van der Waals surface area contributed by atoms with Gasteiger partial charge in [-0.2, -0.15) is 0 Å². The minimum Gasteiger partial charge on any atom is -0.356 e. The Morgan fingerprint density at radius 1 is 1.46 bits per heavy atom. The lowest BCUT2D eigenvalue weighted by atomic mass is 9.85. The third-order valence-electron chi connectivity index (χ3n) is 3.11. The van der Waals surface area contributed by atoms with E-state index < -0.39 is 0 Å². The van der Waals surface area contributed by atoms with E-state index in [1.807, 2.05) is 6.92 Å². The van der Waals surface area contributed by atoms with E-state index in [9.17, 15) is 4.79 Å². The Morgan fingerprint density at radius 2 is 2.15 bits per heavy atom. The Kier molecular flexibility index (Phi) is 3.76. The van der Waals surface area contributed by atoms with E-state index in [1.165, 1.54) is 12.8 Å². The first-order valence-electron chi connectivity index (χ1n) is 5.44. The lowest BCUT2D eigenvalue weighted by Gasteiger charge is -2.21. The smallest absolute Gasteiger partial charge is 0.223 e. The molecule has 0 aromatic heterocycles. The van der Waals surface area contributed by atoms with Gasteiger partial charge in [0.15, 0.2) is 0 Å². The van der Waals surface area contributed by atoms with E-state index in [-0.39, 0.29) is 5.91 Å². The van der Waals surface area contributed by atoms with Crippen molar-refractivity contribution in [2.24, 2.45) is 17.8 Å². The number of carbonyl (C=O) groups excluding carboxylic acids is 1. The highest BCUT2D eigenvalue weighted by Crippen LogP contribution is 2.36. The van der Waals surface area contributed by atoms with Crippen molar-refractivity contribution in [2.75, 3.05) is 6.54 Å². The minimum atomic E-state index is 0.277. The molecule has 0 aromatic carbocycles. The van der Waals surface area contributed by atoms with Crippen LogP contribution in [0.4, 0.5) is 0 Å². The number of nitrogens with one attached hydrogen (secondary N) is 1. The highest BCUT2D eigenvalue weighted by molar-refractivity contribution is 5.79. The summed E-state index contributed by atoms with van der Waals surface area (Å²) in [6, 6.07) is 0. The second-order valence-corrected chi connectivity index (χ2v) is 4.34. The molecule has 1 aliphatic carbocycles. The number of hydrogen-bond acceptors (Lipinski definition) is 1. The Balaban J connectivity index is 2.52. The molecule has 1 rings (SSSR count). The zero-order valence-electron chi connectivity index (χ0n) is 8.97. The fraction of sp³-hybridized carbons (Fsp3) is 0.909. The summed E-state index contributed by atoms with van der Waals surface area (Å²) in [5.74, 6) is 1.83. The molecule has 0 saturated heterocycles. The van der Waals surface area contributed by atoms with E-state index >= 15 is 0 Å². The maximum atomic E-state index is 11.6. The third kappa shape index (κ3) is 2.45. The van der Waals surface area contributed by atoms with Crippen LogP contribution in [0.25, 0.3) is 0 Å². The molecule has 1 saturated carbocycles. The van der Waals surface area contributed by atoms with Gasteiger partial charge in [0.05, 0.1) is 0 Å². The Morgan fingerprint density at radius 3 is 2.69 bits per heavy atom. The molecule has 2 heteroatoms. The third-order valence-corrected chi connectivity index (χ3v) is 3.11. The number of carbonyl (C=O) groups is 1. The summed E-state index contributed by atoms with van der Waals surface area (Å²) >= 11 is 0. The van der Waals surface area contributed by atoms with Gasteiger partial charge in [0, 0.05) is 12.5 Å². The van der Waals surface area contributed by atoms with Crippen LogP contribution in [-0.2, 0) is 4.79 Å². The molecule has 0 heterocycles. The molecule has 2 atom stereocenters. The SMILES string of the molecule is CCNC(=O)[C@H]1CCC[C@H]1C(C)C. The molecule has 0 bridgehead atoms. The van der Waals surface area contributed by atoms with Crippen molar-refractivity contribution in [3.8, 4) is 0 Å². The molecular weight excluding hydrogens is 162 g/mol. The molecule has 1 aliphatic rings. The molecule has 0 unspecified atom stereocenters. The average molecular weight is 183 g/mol. The van der Waals surface area contributed by atoms with Crippen molar-refractivity contribution < 1.29 is 4.79 Å². The minimum absolute atomic E-state index is 0.277. The molecule has 1 amide bonds. The second-order valence-electron chi connectivity index (χ2n) is 4.34. The summed E-state index contributed by atoms with van der Waals surface area (Å²) in [6.45, 7) is 7.20. The Labute approximate surface area is 81.1 Å². The Hall–Kier alpha value is -0.530. The zero-order chi connectivity index (χ0) is 9.84. The van der Waals surface area contributed by atoms with Gasteiger partial charge in [-0.25, -0.2) is 0 Å². The first-order chi connectivity index (χ1) is 6.16. The molecular formula is C11H21NO. The van der Waals surface area contributed by atoms with E-state index in [1.54, 1.807) is 0 Å². The fourth-order valence-corrected chi connectivity index (χ4v) is 2.42. The average Bonchev–Trinajstić information content (AvgIpc) is 2.52. The molecule has 0 aliphatic heterocycles. The lowest BCUT2D eigenvalue weighted by Crippen LogP contribution is -2.33. The summed E-state index contributed by atoms with van der Waals surface area (Å²) in [4.78, 5) is 11.6. The summed E-state index contributed by atoms with van der Waals surface area (Å²) in [5, 5.41) is 2.93. The van der Waals surface area contributed by atoms with Gasteiger partial charge in [0.2, 0.25) is 5.91 Å². The van der Waals surface area contributed by atoms with Crippen molar-refractivity contribution in [1.82, 2.24) is 5.32 Å². The molecule has 13 heavy (non-hydrogen) atoms. The molecule has 1 N–H and O–H groups in total. The summed E-state index contributed by atoms with van der Waals surface area (Å²) in [7, 11) is 0. The highest BCUT2D eigenvalue weighted by atomic mass is 16.1. The van der Waals surface area contributed by atoms with Crippen molar-refractivity contribution in [1.29, 1.82) is 0 Å². The molecule has 0 aromatic rings. The summed E-state index contributed by atoms with van der Waals surface area (Å²) in [6.07, 6.45) is 3.55. The van der Waals surface area contributed by atoms with Crippen LogP contribution < -0.4 is 5.32 Å². The van der Waals surface area contributed by atoms with E-state index in [2.05, 4.69) is 19.2 Å². The Bertz CT molecular complexity index is 177. The molecule has 0 spiro atoms. The van der Waals surface area contributed by atoms with Gasteiger partial charge in [-0.15, -0.1) is 0 Å². The quantitative estimate of drug-likeness (QED) is 0.714. The predicted octanol–water partition coefficient (Wildman–Crippen LogP) is 2.19. The summed E-state index contributed by atoms with van der Waals surface area (Å²) < 4.78 is 0. The van der Waals surface area contributed by atoms with Crippen molar-refractivity contribution in [3.05, 3.63) is 0 Å².